The second-order valence-electron chi connectivity index (χ2n) is 12.2. The van der Waals surface area contributed by atoms with Crippen molar-refractivity contribution in [2.24, 2.45) is 5.41 Å². The maximum Gasteiger partial charge on any atom is 0.357 e. The molecule has 1 N–H and O–H groups in total. The molecule has 2 heterocycles. The number of rotatable bonds is 10. The van der Waals surface area contributed by atoms with Crippen LogP contribution >= 0.6 is 11.8 Å². The highest BCUT2D eigenvalue weighted by molar-refractivity contribution is 8.00. The van der Waals surface area contributed by atoms with Crippen LogP contribution in [-0.4, -0.2) is 58.6 Å². The summed E-state index contributed by atoms with van der Waals surface area (Å²) in [5.74, 6) is -4.35. The standard InChI is InChI=1S/C36H36N2O8S/c1-22-20-47-32-27(31(40)38(32)28(22)34(42)44-21-45-35(43)36(2,3)4)37-30(39)26(23-14-8-5-9-15-23)33(41)46-29(24-16-10-6-11-17-24)25-18-12-7-13-19-25/h5-19,26-27,29,32H,20-21H2,1-4H3,(H,37,39)/t26?,27?,32-/m0/s1. The number of thioether (sulfide) groups is 1. The first-order valence-corrected chi connectivity index (χ1v) is 16.2. The second-order valence-corrected chi connectivity index (χ2v) is 13.3. The zero-order chi connectivity index (χ0) is 33.7. The predicted octanol–water partition coefficient (Wildman–Crippen LogP) is 4.87. The number of hydrogen-bond acceptors (Lipinski definition) is 9. The molecule has 5 rings (SSSR count). The fraction of sp³-hybridized carbons (Fsp3) is 0.306. The van der Waals surface area contributed by atoms with Crippen LogP contribution in [0.5, 0.6) is 0 Å². The Morgan fingerprint density at radius 2 is 1.38 bits per heavy atom. The zero-order valence-electron chi connectivity index (χ0n) is 26.5. The smallest absolute Gasteiger partial charge is 0.357 e. The largest absolute Gasteiger partial charge is 0.452 e. The normalized spacial score (nSPS) is 18.1. The van der Waals surface area contributed by atoms with Crippen molar-refractivity contribution in [1.29, 1.82) is 0 Å². The third-order valence-electron chi connectivity index (χ3n) is 7.71. The van der Waals surface area contributed by atoms with E-state index in [0.717, 1.165) is 11.1 Å². The monoisotopic (exact) mass is 656 g/mol. The van der Waals surface area contributed by atoms with Crippen molar-refractivity contribution in [2.45, 2.75) is 51.1 Å². The van der Waals surface area contributed by atoms with E-state index in [0.29, 0.717) is 16.9 Å². The molecular weight excluding hydrogens is 620 g/mol. The Morgan fingerprint density at radius 1 is 0.851 bits per heavy atom. The number of fused-ring (bicyclic) bond motifs is 1. The van der Waals surface area contributed by atoms with Gasteiger partial charge in [0.15, 0.2) is 12.0 Å². The van der Waals surface area contributed by atoms with E-state index < -0.39 is 65.4 Å². The fourth-order valence-corrected chi connectivity index (χ4v) is 6.52. The van der Waals surface area contributed by atoms with E-state index in [-0.39, 0.29) is 5.70 Å². The molecule has 2 unspecified atom stereocenters. The Kier molecular flexibility index (Phi) is 10.1. The van der Waals surface area contributed by atoms with Gasteiger partial charge in [-0.05, 0) is 50.0 Å². The predicted molar refractivity (Wildman–Crippen MR) is 174 cm³/mol. The van der Waals surface area contributed by atoms with Crippen molar-refractivity contribution < 1.29 is 38.2 Å². The Balaban J connectivity index is 1.32. The van der Waals surface area contributed by atoms with Crippen molar-refractivity contribution in [3.8, 4) is 0 Å². The molecule has 0 aromatic heterocycles. The van der Waals surface area contributed by atoms with Crippen LogP contribution in [0, 0.1) is 5.41 Å². The summed E-state index contributed by atoms with van der Waals surface area (Å²) in [6.45, 7) is 6.13. The maximum atomic E-state index is 13.9. The van der Waals surface area contributed by atoms with Gasteiger partial charge < -0.3 is 19.5 Å². The Labute approximate surface area is 277 Å². The molecule has 2 aliphatic heterocycles. The van der Waals surface area contributed by atoms with Gasteiger partial charge in [-0.25, -0.2) is 4.79 Å². The van der Waals surface area contributed by atoms with Crippen molar-refractivity contribution in [3.05, 3.63) is 119 Å². The number of nitrogens with one attached hydrogen (secondary N) is 1. The number of amides is 2. The third kappa shape index (κ3) is 7.41. The highest BCUT2D eigenvalue weighted by Crippen LogP contribution is 2.41. The van der Waals surface area contributed by atoms with Gasteiger partial charge in [-0.1, -0.05) is 91.0 Å². The van der Waals surface area contributed by atoms with Crippen LogP contribution < -0.4 is 5.32 Å². The summed E-state index contributed by atoms with van der Waals surface area (Å²) < 4.78 is 16.3. The number of ether oxygens (including phenoxy) is 3. The summed E-state index contributed by atoms with van der Waals surface area (Å²) in [4.78, 5) is 67.6. The summed E-state index contributed by atoms with van der Waals surface area (Å²) in [6.07, 6.45) is -0.775. The van der Waals surface area contributed by atoms with E-state index in [2.05, 4.69) is 5.32 Å². The van der Waals surface area contributed by atoms with Gasteiger partial charge in [0, 0.05) is 5.75 Å². The van der Waals surface area contributed by atoms with Gasteiger partial charge in [-0.2, -0.15) is 0 Å². The Hall–Kier alpha value is -4.90. The first-order chi connectivity index (χ1) is 22.5. The molecule has 11 heteroatoms. The molecule has 0 radical (unpaired) electrons. The van der Waals surface area contributed by atoms with Crippen LogP contribution in [0.1, 0.15) is 56.4 Å². The summed E-state index contributed by atoms with van der Waals surface area (Å²) in [5, 5.41) is 2.14. The van der Waals surface area contributed by atoms with Gasteiger partial charge in [0.25, 0.3) is 5.91 Å². The molecule has 2 amide bonds. The summed E-state index contributed by atoms with van der Waals surface area (Å²) in [5.41, 5.74) is 1.74. The first-order valence-electron chi connectivity index (χ1n) is 15.1. The van der Waals surface area contributed by atoms with E-state index in [4.69, 9.17) is 14.2 Å². The minimum Gasteiger partial charge on any atom is -0.452 e. The number of benzene rings is 3. The summed E-state index contributed by atoms with van der Waals surface area (Å²) >= 11 is 1.37. The highest BCUT2D eigenvalue weighted by Gasteiger charge is 2.54. The molecule has 3 atom stereocenters. The molecule has 2 aliphatic rings. The highest BCUT2D eigenvalue weighted by atomic mass is 32.2. The molecule has 0 spiro atoms. The molecule has 3 aromatic carbocycles. The van der Waals surface area contributed by atoms with E-state index in [1.807, 2.05) is 60.7 Å². The SMILES string of the molecule is CC1=C(C(=O)OCOC(=O)C(C)(C)C)N2C(=O)C(NC(=O)C(C(=O)OC(c3ccccc3)c3ccccc3)c3ccccc3)[C@@H]2SC1. The van der Waals surface area contributed by atoms with Crippen LogP contribution in [-0.2, 0) is 38.2 Å². The van der Waals surface area contributed by atoms with Crippen LogP contribution in [0.3, 0.4) is 0 Å². The summed E-state index contributed by atoms with van der Waals surface area (Å²) in [6, 6.07) is 26.0. The Morgan fingerprint density at radius 3 is 1.91 bits per heavy atom. The van der Waals surface area contributed by atoms with Gasteiger partial charge in [0.1, 0.15) is 17.1 Å². The molecule has 244 valence electrons. The van der Waals surface area contributed by atoms with Crippen molar-refractivity contribution in [1.82, 2.24) is 10.2 Å². The Bertz CT molecular complexity index is 1630. The number of hydrogen-bond donors (Lipinski definition) is 1. The number of carbonyl (C=O) groups is 5. The lowest BCUT2D eigenvalue weighted by atomic mass is 9.95. The van der Waals surface area contributed by atoms with Crippen LogP contribution in [0.25, 0.3) is 0 Å². The minimum absolute atomic E-state index is 0.0450. The average Bonchev–Trinajstić information content (AvgIpc) is 3.06. The molecule has 47 heavy (non-hydrogen) atoms. The molecule has 1 fully saturated rings. The van der Waals surface area contributed by atoms with Crippen LogP contribution in [0.4, 0.5) is 0 Å². The summed E-state index contributed by atoms with van der Waals surface area (Å²) in [7, 11) is 0. The van der Waals surface area contributed by atoms with Gasteiger partial charge >= 0.3 is 17.9 Å². The second kappa shape index (κ2) is 14.3. The zero-order valence-corrected chi connectivity index (χ0v) is 27.3. The molecule has 0 bridgehead atoms. The van der Waals surface area contributed by atoms with Gasteiger partial charge in [0.05, 0.1) is 5.41 Å². The fourth-order valence-electron chi connectivity index (χ4n) is 5.23. The van der Waals surface area contributed by atoms with Crippen molar-refractivity contribution in [3.63, 3.8) is 0 Å². The van der Waals surface area contributed by atoms with Gasteiger partial charge in [-0.15, -0.1) is 11.8 Å². The van der Waals surface area contributed by atoms with Gasteiger partial charge in [-0.3, -0.25) is 24.1 Å². The maximum absolute atomic E-state index is 13.9. The van der Waals surface area contributed by atoms with Crippen molar-refractivity contribution >= 4 is 41.5 Å². The van der Waals surface area contributed by atoms with Gasteiger partial charge in [0.2, 0.25) is 12.7 Å². The number of nitrogens with zero attached hydrogens (tertiary/aromatic N) is 1. The van der Waals surface area contributed by atoms with E-state index in [1.165, 1.54) is 16.7 Å². The van der Waals surface area contributed by atoms with Crippen molar-refractivity contribution in [2.75, 3.05) is 12.5 Å². The number of β-lactam (4-membered cyclic amide) rings is 1. The lowest BCUT2D eigenvalue weighted by molar-refractivity contribution is -0.173. The molecule has 0 saturated carbocycles. The average molecular weight is 657 g/mol. The van der Waals surface area contributed by atoms with E-state index >= 15 is 0 Å². The third-order valence-corrected chi connectivity index (χ3v) is 9.14. The topological polar surface area (TPSA) is 128 Å². The van der Waals surface area contributed by atoms with E-state index in [1.54, 1.807) is 58.0 Å². The van der Waals surface area contributed by atoms with Crippen LogP contribution in [0.2, 0.25) is 0 Å². The minimum atomic E-state index is -1.37. The van der Waals surface area contributed by atoms with Crippen LogP contribution in [0.15, 0.2) is 102 Å². The first kappa shape index (κ1) is 33.5. The lowest BCUT2D eigenvalue weighted by Gasteiger charge is -2.49. The molecular formula is C36H36N2O8S. The molecule has 10 nitrogen and oxygen atoms in total. The molecule has 1 saturated heterocycles. The van der Waals surface area contributed by atoms with E-state index in [9.17, 15) is 24.0 Å². The molecule has 3 aromatic rings. The lowest BCUT2D eigenvalue weighted by Crippen LogP contribution is -2.71. The number of carbonyl (C=O) groups excluding carboxylic acids is 5. The molecule has 0 aliphatic carbocycles. The number of esters is 3. The quantitative estimate of drug-likeness (QED) is 0.141.